The molecular formula is C21H19ClN5O3+. The molecule has 152 valence electrons. The second-order valence-electron chi connectivity index (χ2n) is 7.41. The van der Waals surface area contributed by atoms with E-state index in [2.05, 4.69) is 4.99 Å². The first-order valence-corrected chi connectivity index (χ1v) is 9.87. The molecule has 0 radical (unpaired) electrons. The van der Waals surface area contributed by atoms with Gasteiger partial charge in [0.05, 0.1) is 12.8 Å². The van der Waals surface area contributed by atoms with E-state index in [0.717, 1.165) is 17.0 Å². The molecule has 1 fully saturated rings. The SMILES string of the molecule is Cc1c[n+]2c(n1Cc1ccco1)N=C1C2C(=O)N(Cc2cccc(Cl)c2)C(=O)N1C. The van der Waals surface area contributed by atoms with Gasteiger partial charge in [0.2, 0.25) is 11.9 Å². The molecule has 2 aromatic heterocycles. The maximum absolute atomic E-state index is 13.4. The summed E-state index contributed by atoms with van der Waals surface area (Å²) in [5.41, 5.74) is 1.73. The molecule has 0 saturated carbocycles. The number of hydrogen-bond acceptors (Lipinski definition) is 4. The van der Waals surface area contributed by atoms with Crippen LogP contribution in [-0.2, 0) is 17.9 Å². The van der Waals surface area contributed by atoms with Crippen molar-refractivity contribution in [2.45, 2.75) is 26.1 Å². The van der Waals surface area contributed by atoms with Crippen LogP contribution in [0.1, 0.15) is 23.1 Å². The summed E-state index contributed by atoms with van der Waals surface area (Å²) < 4.78 is 9.26. The predicted molar refractivity (Wildman–Crippen MR) is 108 cm³/mol. The Kier molecular flexibility index (Phi) is 4.25. The number of aryl methyl sites for hydroxylation is 1. The normalized spacial score (nSPS) is 18.0. The molecule has 30 heavy (non-hydrogen) atoms. The fourth-order valence-corrected chi connectivity index (χ4v) is 4.16. The molecule has 0 aliphatic carbocycles. The lowest BCUT2D eigenvalue weighted by atomic mass is 10.1. The number of urea groups is 1. The molecule has 0 N–H and O–H groups in total. The fourth-order valence-electron chi connectivity index (χ4n) is 3.95. The van der Waals surface area contributed by atoms with Crippen molar-refractivity contribution < 1.29 is 18.6 Å². The second kappa shape index (κ2) is 6.84. The van der Waals surface area contributed by atoms with Gasteiger partial charge in [-0.15, -0.1) is 0 Å². The maximum atomic E-state index is 13.4. The lowest BCUT2D eigenvalue weighted by molar-refractivity contribution is -0.677. The molecule has 1 saturated heterocycles. The summed E-state index contributed by atoms with van der Waals surface area (Å²) in [4.78, 5) is 33.6. The van der Waals surface area contributed by atoms with Crippen LogP contribution in [0.2, 0.25) is 5.02 Å². The van der Waals surface area contributed by atoms with Gasteiger partial charge in [-0.05, 0) is 36.8 Å². The lowest BCUT2D eigenvalue weighted by Gasteiger charge is -2.33. The summed E-state index contributed by atoms with van der Waals surface area (Å²) >= 11 is 6.07. The third-order valence-corrected chi connectivity index (χ3v) is 5.68. The van der Waals surface area contributed by atoms with Crippen molar-refractivity contribution in [3.63, 3.8) is 0 Å². The number of benzene rings is 1. The molecule has 3 amide bonds. The standard InChI is InChI=1S/C21H19ClN5O3/c1-13-10-26-17-18(23-20(26)25(13)12-16-7-4-8-30-16)24(2)21(29)27(19(17)28)11-14-5-3-6-15(22)9-14/h3-10,17H,11-12H2,1-2H3/q+1. The van der Waals surface area contributed by atoms with E-state index in [0.29, 0.717) is 23.4 Å². The molecule has 1 aromatic carbocycles. The molecule has 2 aliphatic rings. The van der Waals surface area contributed by atoms with Crippen LogP contribution in [0.5, 0.6) is 0 Å². The zero-order valence-corrected chi connectivity index (χ0v) is 17.2. The quantitative estimate of drug-likeness (QED) is 0.604. The third kappa shape index (κ3) is 2.83. The average molecular weight is 425 g/mol. The number of aromatic nitrogens is 2. The van der Waals surface area contributed by atoms with E-state index in [1.54, 1.807) is 31.5 Å². The number of nitrogens with zero attached hydrogens (tertiary/aromatic N) is 5. The summed E-state index contributed by atoms with van der Waals surface area (Å²) in [5, 5.41) is 0.558. The molecule has 2 aliphatic heterocycles. The van der Waals surface area contributed by atoms with E-state index in [-0.39, 0.29) is 12.5 Å². The van der Waals surface area contributed by atoms with Gasteiger partial charge in [-0.1, -0.05) is 28.7 Å². The Morgan fingerprint density at radius 1 is 1.20 bits per heavy atom. The first-order valence-electron chi connectivity index (χ1n) is 9.50. The van der Waals surface area contributed by atoms with Gasteiger partial charge in [0.15, 0.2) is 0 Å². The van der Waals surface area contributed by atoms with Gasteiger partial charge in [0, 0.05) is 12.1 Å². The van der Waals surface area contributed by atoms with E-state index in [9.17, 15) is 9.59 Å². The average Bonchev–Trinajstić information content (AvgIpc) is 3.42. The molecule has 1 atom stereocenters. The number of imide groups is 1. The monoisotopic (exact) mass is 424 g/mol. The number of amidine groups is 1. The van der Waals surface area contributed by atoms with E-state index in [1.165, 1.54) is 9.80 Å². The van der Waals surface area contributed by atoms with E-state index >= 15 is 0 Å². The highest BCUT2D eigenvalue weighted by Crippen LogP contribution is 2.30. The van der Waals surface area contributed by atoms with E-state index < -0.39 is 12.1 Å². The van der Waals surface area contributed by atoms with Crippen LogP contribution in [0, 0.1) is 6.92 Å². The Morgan fingerprint density at radius 2 is 2.03 bits per heavy atom. The highest BCUT2D eigenvalue weighted by molar-refractivity contribution is 6.30. The molecule has 9 heteroatoms. The minimum Gasteiger partial charge on any atom is -0.466 e. The Bertz CT molecular complexity index is 1200. The highest BCUT2D eigenvalue weighted by Gasteiger charge is 2.53. The van der Waals surface area contributed by atoms with E-state index in [4.69, 9.17) is 16.0 Å². The van der Waals surface area contributed by atoms with Gasteiger partial charge in [-0.2, -0.15) is 0 Å². The molecule has 0 spiro atoms. The minimum absolute atomic E-state index is 0.147. The van der Waals surface area contributed by atoms with Crippen molar-refractivity contribution in [3.05, 3.63) is 70.9 Å². The number of carbonyl (C=O) groups is 2. The van der Waals surface area contributed by atoms with Crippen molar-refractivity contribution in [3.8, 4) is 0 Å². The van der Waals surface area contributed by atoms with Crippen LogP contribution in [0.3, 0.4) is 0 Å². The smallest absolute Gasteiger partial charge is 0.402 e. The van der Waals surface area contributed by atoms with Gasteiger partial charge in [0.25, 0.3) is 5.91 Å². The Hall–Kier alpha value is -3.39. The summed E-state index contributed by atoms with van der Waals surface area (Å²) in [5.74, 6) is 1.51. The van der Waals surface area contributed by atoms with Crippen molar-refractivity contribution in [1.29, 1.82) is 0 Å². The molecule has 0 bridgehead atoms. The van der Waals surface area contributed by atoms with Crippen LogP contribution in [0.4, 0.5) is 10.7 Å². The number of fused-ring (bicyclic) bond motifs is 3. The van der Waals surface area contributed by atoms with E-state index in [1.807, 2.05) is 40.5 Å². The first-order chi connectivity index (χ1) is 14.4. The molecule has 5 rings (SSSR count). The summed E-state index contributed by atoms with van der Waals surface area (Å²) in [7, 11) is 1.64. The third-order valence-electron chi connectivity index (χ3n) is 5.45. The maximum Gasteiger partial charge on any atom is 0.402 e. The lowest BCUT2D eigenvalue weighted by Crippen LogP contribution is -2.62. The number of furan rings is 1. The van der Waals surface area contributed by atoms with Crippen molar-refractivity contribution in [2.24, 2.45) is 4.99 Å². The molecule has 3 aromatic rings. The number of amides is 3. The largest absolute Gasteiger partial charge is 0.466 e. The second-order valence-corrected chi connectivity index (χ2v) is 7.85. The summed E-state index contributed by atoms with van der Waals surface area (Å²) in [6, 6.07) is 9.78. The minimum atomic E-state index is -0.682. The Labute approximate surface area is 177 Å². The fraction of sp³-hybridized carbons (Fsp3) is 0.238. The number of halogens is 1. The number of likely N-dealkylation sites (N-methyl/N-ethyl adjacent to an activating group) is 1. The Morgan fingerprint density at radius 3 is 2.77 bits per heavy atom. The van der Waals surface area contributed by atoms with Gasteiger partial charge in [-0.3, -0.25) is 14.6 Å². The molecule has 4 heterocycles. The van der Waals surface area contributed by atoms with Gasteiger partial charge in [0.1, 0.15) is 24.2 Å². The van der Waals surface area contributed by atoms with Crippen LogP contribution < -0.4 is 4.57 Å². The van der Waals surface area contributed by atoms with Crippen molar-refractivity contribution in [2.75, 3.05) is 7.05 Å². The highest BCUT2D eigenvalue weighted by atomic mass is 35.5. The zero-order chi connectivity index (χ0) is 21.0. The summed E-state index contributed by atoms with van der Waals surface area (Å²) in [6.07, 6.45) is 3.51. The Balaban J connectivity index is 1.51. The first kappa shape index (κ1) is 18.6. The van der Waals surface area contributed by atoms with Gasteiger partial charge in [-0.25, -0.2) is 13.9 Å². The van der Waals surface area contributed by atoms with Crippen LogP contribution in [0.25, 0.3) is 0 Å². The van der Waals surface area contributed by atoms with Gasteiger partial charge < -0.3 is 4.42 Å². The van der Waals surface area contributed by atoms with Crippen LogP contribution in [-0.4, -0.2) is 39.2 Å². The number of aliphatic imine (C=N–C) groups is 1. The van der Waals surface area contributed by atoms with Crippen LogP contribution >= 0.6 is 11.6 Å². The molecule has 8 nitrogen and oxygen atoms in total. The summed E-state index contributed by atoms with van der Waals surface area (Å²) in [6.45, 7) is 2.59. The van der Waals surface area contributed by atoms with Crippen LogP contribution in [0.15, 0.2) is 58.3 Å². The predicted octanol–water partition coefficient (Wildman–Crippen LogP) is 3.06. The number of carbonyl (C=O) groups excluding carboxylic acids is 2. The molecular weight excluding hydrogens is 406 g/mol. The number of hydrogen-bond donors (Lipinski definition) is 0. The van der Waals surface area contributed by atoms with Crippen molar-refractivity contribution in [1.82, 2.24) is 14.4 Å². The topological polar surface area (TPSA) is 74.9 Å². The number of imidazole rings is 1. The zero-order valence-electron chi connectivity index (χ0n) is 16.4. The van der Waals surface area contributed by atoms with Gasteiger partial charge >= 0.3 is 12.0 Å². The van der Waals surface area contributed by atoms with Crippen molar-refractivity contribution >= 4 is 35.3 Å². The molecule has 1 unspecified atom stereocenters. The number of rotatable bonds is 4.